The van der Waals surface area contributed by atoms with Crippen molar-refractivity contribution in [1.29, 1.82) is 0 Å². The molecule has 2 aliphatic rings. The van der Waals surface area contributed by atoms with Gasteiger partial charge in [0, 0.05) is 0 Å². The van der Waals surface area contributed by atoms with E-state index in [1.807, 2.05) is 6.08 Å². The van der Waals surface area contributed by atoms with Crippen molar-refractivity contribution in [2.24, 2.45) is 0 Å². The quantitative estimate of drug-likeness (QED) is 0.454. The van der Waals surface area contributed by atoms with Gasteiger partial charge in [-0.1, -0.05) is 0 Å². The first-order chi connectivity index (χ1) is 4.29. The second-order valence-corrected chi connectivity index (χ2v) is 8.75. The predicted molar refractivity (Wildman–Crippen MR) is 48.8 cm³/mol. The van der Waals surface area contributed by atoms with Crippen LogP contribution in [-0.4, -0.2) is 8.35 Å². The molecule has 0 saturated carbocycles. The topological polar surface area (TPSA) is 23.8 Å². The van der Waals surface area contributed by atoms with Crippen LogP contribution < -0.4 is 0 Å². The predicted octanol–water partition coefficient (Wildman–Crippen LogP) is 2.73. The Labute approximate surface area is 62.4 Å². The van der Waals surface area contributed by atoms with Crippen molar-refractivity contribution < 1.29 is 0 Å². The molecule has 2 heterocycles. The molecule has 0 radical (unpaired) electrons. The molecule has 0 aromatic rings. The van der Waals surface area contributed by atoms with Gasteiger partial charge in [0.2, 0.25) is 0 Å². The zero-order chi connectivity index (χ0) is 6.43. The van der Waals surface area contributed by atoms with Gasteiger partial charge in [0.25, 0.3) is 0 Å². The summed E-state index contributed by atoms with van der Waals surface area (Å²) in [6, 6.07) is 0. The van der Waals surface area contributed by atoms with Crippen molar-refractivity contribution in [3.05, 3.63) is 27.2 Å². The van der Waals surface area contributed by atoms with Crippen LogP contribution in [0.3, 0.4) is 0 Å². The first kappa shape index (κ1) is 5.77. The van der Waals surface area contributed by atoms with E-state index in [0.717, 1.165) is 9.62 Å². The van der Waals surface area contributed by atoms with E-state index in [2.05, 4.69) is 13.0 Å². The third-order valence-corrected chi connectivity index (χ3v) is 7.90. The molecule has 1 atom stereocenters. The third kappa shape index (κ3) is 0.801. The molecule has 2 rings (SSSR count). The average Bonchev–Trinajstić information content (AvgIpc) is 2.57. The molecule has 1 fully saturated rings. The van der Waals surface area contributed by atoms with Crippen molar-refractivity contribution in [2.45, 2.75) is 10.8 Å². The summed E-state index contributed by atoms with van der Waals surface area (Å²) in [6.07, 6.45) is 4.12. The third-order valence-electron chi connectivity index (χ3n) is 1.73. The maximum atomic E-state index is 7.47. The standard InChI is InChI=1S/C7H9IN/c1-5-2-3-7(9)6-4-8(5)6/h2-3,6,9H,4H2,1H3/q-1/t6-/m1/s1. The Kier molecular flexibility index (Phi) is 1.12. The Morgan fingerprint density at radius 1 is 1.67 bits per heavy atom. The summed E-state index contributed by atoms with van der Waals surface area (Å²) >= 11 is -0.632. The Morgan fingerprint density at radius 3 is 3.11 bits per heavy atom. The molecule has 0 unspecified atom stereocenters. The molecular weight excluding hydrogens is 225 g/mol. The van der Waals surface area contributed by atoms with Gasteiger partial charge in [-0.2, -0.15) is 0 Å². The van der Waals surface area contributed by atoms with Crippen LogP contribution in [0.15, 0.2) is 21.4 Å². The fourth-order valence-corrected chi connectivity index (χ4v) is 6.83. The van der Waals surface area contributed by atoms with Crippen LogP contribution in [0.25, 0.3) is 5.73 Å². The van der Waals surface area contributed by atoms with Gasteiger partial charge in [0.1, 0.15) is 0 Å². The molecule has 50 valence electrons. The molecule has 9 heavy (non-hydrogen) atoms. The molecule has 0 aromatic carbocycles. The molecule has 1 saturated heterocycles. The Balaban J connectivity index is 2.33. The van der Waals surface area contributed by atoms with Crippen molar-refractivity contribution in [2.75, 3.05) is 4.43 Å². The van der Waals surface area contributed by atoms with Crippen LogP contribution in [0, 0.1) is 0 Å². The fourth-order valence-electron chi connectivity index (χ4n) is 1.06. The number of hydrogen-bond donors (Lipinski definition) is 0. The summed E-state index contributed by atoms with van der Waals surface area (Å²) in [5, 5.41) is 0. The number of hydrogen-bond acceptors (Lipinski definition) is 0. The summed E-state index contributed by atoms with van der Waals surface area (Å²) in [4.78, 5) is 0. The van der Waals surface area contributed by atoms with Crippen LogP contribution in [0.4, 0.5) is 0 Å². The van der Waals surface area contributed by atoms with E-state index in [1.165, 1.54) is 4.43 Å². The first-order valence-corrected chi connectivity index (χ1v) is 6.88. The second kappa shape index (κ2) is 1.75. The molecule has 1 N–H and O–H groups in total. The zero-order valence-corrected chi connectivity index (χ0v) is 7.47. The van der Waals surface area contributed by atoms with Crippen LogP contribution in [-0.2, 0) is 0 Å². The van der Waals surface area contributed by atoms with Gasteiger partial charge in [-0.15, -0.1) is 0 Å². The number of nitrogens with one attached hydrogen (secondary N) is 1. The molecule has 0 aromatic heterocycles. The molecule has 1 nitrogen and oxygen atoms in total. The van der Waals surface area contributed by atoms with E-state index in [1.54, 1.807) is 3.58 Å². The van der Waals surface area contributed by atoms with Gasteiger partial charge >= 0.3 is 62.3 Å². The summed E-state index contributed by atoms with van der Waals surface area (Å²) < 4.78 is 3.78. The molecule has 0 spiro atoms. The Morgan fingerprint density at radius 2 is 2.44 bits per heavy atom. The molecule has 2 aliphatic heterocycles. The van der Waals surface area contributed by atoms with Gasteiger partial charge in [0.05, 0.1) is 0 Å². The van der Waals surface area contributed by atoms with E-state index >= 15 is 0 Å². The summed E-state index contributed by atoms with van der Waals surface area (Å²) in [6.45, 7) is 2.23. The number of fused-ring (bicyclic) bond motifs is 1. The molecular formula is C7H9IN-. The van der Waals surface area contributed by atoms with Crippen molar-refractivity contribution in [3.63, 3.8) is 0 Å². The van der Waals surface area contributed by atoms with Gasteiger partial charge in [-0.3, -0.25) is 0 Å². The zero-order valence-electron chi connectivity index (χ0n) is 5.32. The Bertz CT molecular complexity index is 183. The molecule has 0 amide bonds. The average molecular weight is 234 g/mol. The van der Waals surface area contributed by atoms with Gasteiger partial charge in [0.15, 0.2) is 0 Å². The van der Waals surface area contributed by atoms with Crippen LogP contribution in [0.1, 0.15) is 6.92 Å². The van der Waals surface area contributed by atoms with Crippen molar-refractivity contribution in [1.82, 2.24) is 0 Å². The van der Waals surface area contributed by atoms with E-state index in [-0.39, 0.29) is 0 Å². The second-order valence-electron chi connectivity index (χ2n) is 2.39. The minimum absolute atomic E-state index is 0.632. The van der Waals surface area contributed by atoms with Gasteiger partial charge < -0.3 is 0 Å². The number of allylic oxidation sites excluding steroid dienone is 4. The van der Waals surface area contributed by atoms with Crippen molar-refractivity contribution in [3.8, 4) is 0 Å². The SMILES string of the molecule is CC1=CC=C([NH-])[C@H]2CI12. The normalized spacial score (nSPS) is 34.8. The maximum absolute atomic E-state index is 7.47. The van der Waals surface area contributed by atoms with Crippen LogP contribution in [0.5, 0.6) is 0 Å². The molecule has 0 bridgehead atoms. The molecule has 0 aliphatic carbocycles. The van der Waals surface area contributed by atoms with Gasteiger partial charge in [-0.25, -0.2) is 0 Å². The molecule has 2 heteroatoms. The summed E-state index contributed by atoms with van der Waals surface area (Å²) in [5.41, 5.74) is 8.37. The Hall–Kier alpha value is 0.0100. The first-order valence-electron chi connectivity index (χ1n) is 3.03. The summed E-state index contributed by atoms with van der Waals surface area (Å²) in [7, 11) is 0. The van der Waals surface area contributed by atoms with Crippen molar-refractivity contribution >= 4 is 19.8 Å². The number of rotatable bonds is 0. The minimum atomic E-state index is -0.632. The monoisotopic (exact) mass is 234 g/mol. The van der Waals surface area contributed by atoms with Crippen LogP contribution >= 0.6 is 19.8 Å². The van der Waals surface area contributed by atoms with E-state index in [4.69, 9.17) is 5.73 Å². The van der Waals surface area contributed by atoms with Crippen LogP contribution in [0.2, 0.25) is 0 Å². The van der Waals surface area contributed by atoms with E-state index in [0.29, 0.717) is 0 Å². The number of alkyl halides is 2. The summed E-state index contributed by atoms with van der Waals surface area (Å²) in [5.74, 6) is 0. The van der Waals surface area contributed by atoms with E-state index < -0.39 is 19.8 Å². The van der Waals surface area contributed by atoms with E-state index in [9.17, 15) is 0 Å². The number of halogens is 1. The fraction of sp³-hybridized carbons (Fsp3) is 0.429. The van der Waals surface area contributed by atoms with Gasteiger partial charge in [-0.05, 0) is 0 Å².